The minimum absolute atomic E-state index is 0.000693. The van der Waals surface area contributed by atoms with E-state index in [-0.39, 0.29) is 23.1 Å². The Balaban J connectivity index is 2.79. The average Bonchev–Trinajstić information content (AvgIpc) is 2.36. The number of amides is 1. The molecule has 1 unspecified atom stereocenters. The number of benzene rings is 1. The monoisotopic (exact) mass is 293 g/mol. The van der Waals surface area contributed by atoms with Crippen LogP contribution in [-0.2, 0) is 0 Å². The van der Waals surface area contributed by atoms with Gasteiger partial charge in [-0.05, 0) is 39.2 Å². The van der Waals surface area contributed by atoms with E-state index in [4.69, 9.17) is 0 Å². The molecule has 0 spiro atoms. The van der Waals surface area contributed by atoms with Crippen LogP contribution in [0.25, 0.3) is 0 Å². The molecule has 0 bridgehead atoms. The van der Waals surface area contributed by atoms with Gasteiger partial charge in [0.25, 0.3) is 5.91 Å². The van der Waals surface area contributed by atoms with Crippen molar-refractivity contribution in [3.63, 3.8) is 0 Å². The van der Waals surface area contributed by atoms with E-state index < -0.39 is 0 Å². The van der Waals surface area contributed by atoms with E-state index in [9.17, 15) is 9.59 Å². The minimum Gasteiger partial charge on any atom is -0.347 e. The highest BCUT2D eigenvalue weighted by atomic mass is 32.2. The Morgan fingerprint density at radius 2 is 1.65 bits per heavy atom. The molecule has 0 saturated carbocycles. The fourth-order valence-electron chi connectivity index (χ4n) is 1.81. The molecular formula is C16H23NO2S. The van der Waals surface area contributed by atoms with Crippen LogP contribution in [-0.4, -0.2) is 29.2 Å². The predicted molar refractivity (Wildman–Crippen MR) is 85.5 cm³/mol. The molecule has 1 amide bonds. The summed E-state index contributed by atoms with van der Waals surface area (Å²) in [7, 11) is 0. The van der Waals surface area contributed by atoms with Crippen molar-refractivity contribution in [1.82, 2.24) is 5.32 Å². The normalized spacial score (nSPS) is 12.8. The molecule has 1 N–H and O–H groups in total. The van der Waals surface area contributed by atoms with E-state index >= 15 is 0 Å². The van der Waals surface area contributed by atoms with Gasteiger partial charge in [0.2, 0.25) is 0 Å². The summed E-state index contributed by atoms with van der Waals surface area (Å²) in [5.41, 5.74) is 0.978. The quantitative estimate of drug-likeness (QED) is 0.846. The van der Waals surface area contributed by atoms with Crippen molar-refractivity contribution < 1.29 is 9.59 Å². The third-order valence-corrected chi connectivity index (χ3v) is 3.62. The number of nitrogens with one attached hydrogen (secondary N) is 1. The molecule has 1 rings (SSSR count). The lowest BCUT2D eigenvalue weighted by atomic mass is 9.99. The molecule has 0 aromatic heterocycles. The lowest BCUT2D eigenvalue weighted by Crippen LogP contribution is -2.40. The van der Waals surface area contributed by atoms with Gasteiger partial charge in [0.15, 0.2) is 5.78 Å². The van der Waals surface area contributed by atoms with Crippen LogP contribution in [0.3, 0.4) is 0 Å². The lowest BCUT2D eigenvalue weighted by molar-refractivity contribution is 0.0914. The minimum atomic E-state index is -0.265. The number of thioether (sulfide) groups is 1. The van der Waals surface area contributed by atoms with Crippen LogP contribution >= 0.6 is 11.8 Å². The Hall–Kier alpha value is -1.29. The fourth-order valence-corrected chi connectivity index (χ4v) is 2.46. The second kappa shape index (κ2) is 6.93. The molecule has 1 aromatic carbocycles. The fraction of sp³-hybridized carbons (Fsp3) is 0.500. The number of hydrogen-bond donors (Lipinski definition) is 1. The van der Waals surface area contributed by atoms with E-state index in [0.717, 1.165) is 5.75 Å². The highest BCUT2D eigenvalue weighted by molar-refractivity contribution is 7.98. The summed E-state index contributed by atoms with van der Waals surface area (Å²) in [6.07, 6.45) is 1.99. The third kappa shape index (κ3) is 5.00. The first-order chi connectivity index (χ1) is 9.24. The van der Waals surface area contributed by atoms with E-state index in [1.165, 1.54) is 0 Å². The first-order valence-electron chi connectivity index (χ1n) is 6.70. The zero-order valence-corrected chi connectivity index (χ0v) is 13.6. The highest BCUT2D eigenvalue weighted by Crippen LogP contribution is 2.14. The van der Waals surface area contributed by atoms with Gasteiger partial charge >= 0.3 is 0 Å². The summed E-state index contributed by atoms with van der Waals surface area (Å²) in [5, 5.41) is 2.90. The van der Waals surface area contributed by atoms with Crippen LogP contribution in [0.1, 0.15) is 48.4 Å². The summed E-state index contributed by atoms with van der Waals surface area (Å²) >= 11 is 1.66. The van der Waals surface area contributed by atoms with Crippen LogP contribution < -0.4 is 5.32 Å². The van der Waals surface area contributed by atoms with Crippen LogP contribution in [0.15, 0.2) is 24.3 Å². The first kappa shape index (κ1) is 16.8. The van der Waals surface area contributed by atoms with Crippen LogP contribution in [0.5, 0.6) is 0 Å². The number of Topliss-reactive ketones (excluding diaryl/α,β-unsaturated/α-hetero) is 1. The van der Waals surface area contributed by atoms with Gasteiger partial charge in [0, 0.05) is 28.3 Å². The molecule has 0 aliphatic carbocycles. The molecule has 1 aromatic rings. The Bertz CT molecular complexity index is 474. The summed E-state index contributed by atoms with van der Waals surface area (Å²) in [5.74, 6) is 0.820. The Labute approximate surface area is 125 Å². The Kier molecular flexibility index (Phi) is 5.81. The van der Waals surface area contributed by atoms with Gasteiger partial charge in [-0.1, -0.05) is 19.1 Å². The molecule has 0 aliphatic rings. The SMILES string of the molecule is CSCC(C)C(=O)c1ccc(C(=O)NC(C)(C)C)cc1. The molecule has 0 radical (unpaired) electrons. The molecule has 110 valence electrons. The molecule has 20 heavy (non-hydrogen) atoms. The van der Waals surface area contributed by atoms with Gasteiger partial charge in [-0.15, -0.1) is 0 Å². The Morgan fingerprint density at radius 3 is 2.10 bits per heavy atom. The van der Waals surface area contributed by atoms with Crippen molar-refractivity contribution in [3.8, 4) is 0 Å². The number of hydrogen-bond acceptors (Lipinski definition) is 3. The van der Waals surface area contributed by atoms with E-state index in [0.29, 0.717) is 11.1 Å². The Morgan fingerprint density at radius 1 is 1.15 bits per heavy atom. The maximum atomic E-state index is 12.1. The zero-order chi connectivity index (χ0) is 15.3. The van der Waals surface area contributed by atoms with Gasteiger partial charge in [-0.3, -0.25) is 9.59 Å². The van der Waals surface area contributed by atoms with Crippen molar-refractivity contribution in [2.45, 2.75) is 33.2 Å². The topological polar surface area (TPSA) is 46.2 Å². The second-order valence-corrected chi connectivity index (χ2v) is 6.91. The van der Waals surface area contributed by atoms with Gasteiger partial charge in [0.1, 0.15) is 0 Å². The first-order valence-corrected chi connectivity index (χ1v) is 8.09. The van der Waals surface area contributed by atoms with E-state index in [1.54, 1.807) is 36.0 Å². The number of carbonyl (C=O) groups excluding carboxylic acids is 2. The van der Waals surface area contributed by atoms with Gasteiger partial charge in [-0.25, -0.2) is 0 Å². The van der Waals surface area contributed by atoms with Crippen molar-refractivity contribution in [2.24, 2.45) is 5.92 Å². The number of ketones is 1. The average molecular weight is 293 g/mol. The maximum absolute atomic E-state index is 12.1. The van der Waals surface area contributed by atoms with Gasteiger partial charge in [0.05, 0.1) is 0 Å². The number of rotatable bonds is 5. The molecule has 0 saturated heterocycles. The summed E-state index contributed by atoms with van der Waals surface area (Å²) in [6, 6.07) is 6.88. The van der Waals surface area contributed by atoms with Crippen molar-refractivity contribution >= 4 is 23.5 Å². The molecule has 4 heteroatoms. The number of carbonyl (C=O) groups is 2. The summed E-state index contributed by atoms with van der Waals surface area (Å²) in [4.78, 5) is 24.1. The third-order valence-electron chi connectivity index (χ3n) is 2.78. The summed E-state index contributed by atoms with van der Waals surface area (Å²) < 4.78 is 0. The smallest absolute Gasteiger partial charge is 0.251 e. The molecule has 3 nitrogen and oxygen atoms in total. The maximum Gasteiger partial charge on any atom is 0.251 e. The largest absolute Gasteiger partial charge is 0.347 e. The molecule has 0 fully saturated rings. The lowest BCUT2D eigenvalue weighted by Gasteiger charge is -2.20. The van der Waals surface area contributed by atoms with Crippen molar-refractivity contribution in [3.05, 3.63) is 35.4 Å². The van der Waals surface area contributed by atoms with E-state index in [2.05, 4.69) is 5.32 Å². The molecule has 0 aliphatic heterocycles. The molecular weight excluding hydrogens is 270 g/mol. The van der Waals surface area contributed by atoms with Crippen molar-refractivity contribution in [1.29, 1.82) is 0 Å². The molecule has 1 atom stereocenters. The van der Waals surface area contributed by atoms with Gasteiger partial charge in [-0.2, -0.15) is 11.8 Å². The summed E-state index contributed by atoms with van der Waals surface area (Å²) in [6.45, 7) is 7.74. The predicted octanol–water partition coefficient (Wildman–Crippen LogP) is 3.40. The highest BCUT2D eigenvalue weighted by Gasteiger charge is 2.17. The van der Waals surface area contributed by atoms with E-state index in [1.807, 2.05) is 34.0 Å². The van der Waals surface area contributed by atoms with Crippen molar-refractivity contribution in [2.75, 3.05) is 12.0 Å². The second-order valence-electron chi connectivity index (χ2n) is 6.00. The standard InChI is InChI=1S/C16H23NO2S/c1-11(10-20-5)14(18)12-6-8-13(9-7-12)15(19)17-16(2,3)4/h6-9,11H,10H2,1-5H3,(H,17,19). The zero-order valence-electron chi connectivity index (χ0n) is 12.8. The van der Waals surface area contributed by atoms with Crippen LogP contribution in [0.2, 0.25) is 0 Å². The molecule has 0 heterocycles. The van der Waals surface area contributed by atoms with Gasteiger partial charge < -0.3 is 5.32 Å². The van der Waals surface area contributed by atoms with Crippen LogP contribution in [0, 0.1) is 5.92 Å². The van der Waals surface area contributed by atoms with Crippen LogP contribution in [0.4, 0.5) is 0 Å².